The summed E-state index contributed by atoms with van der Waals surface area (Å²) < 4.78 is 18.9. The van der Waals surface area contributed by atoms with Crippen molar-refractivity contribution in [3.8, 4) is 0 Å². The number of ether oxygens (including phenoxy) is 1. The summed E-state index contributed by atoms with van der Waals surface area (Å²) in [4.78, 5) is 10.4. The van der Waals surface area contributed by atoms with Crippen LogP contribution >= 0.6 is 0 Å². The fourth-order valence-electron chi connectivity index (χ4n) is 1.33. The van der Waals surface area contributed by atoms with E-state index in [1.54, 1.807) is 12.1 Å². The molecule has 0 aliphatic rings. The molecule has 0 fully saturated rings. The van der Waals surface area contributed by atoms with Crippen LogP contribution in [0.2, 0.25) is 0 Å². The molecule has 1 atom stereocenters. The summed E-state index contributed by atoms with van der Waals surface area (Å²) in [6.07, 6.45) is 3.21. The van der Waals surface area contributed by atoms with Gasteiger partial charge in [0.05, 0.1) is 12.7 Å². The quantitative estimate of drug-likeness (QED) is 0.790. The maximum atomic E-state index is 13.4. The maximum Gasteiger partial charge on any atom is 0.328 e. The SMILES string of the molecule is CCC(C)OCc1ccc(F)c(/C=C/C(=O)O)c1. The highest BCUT2D eigenvalue weighted by molar-refractivity contribution is 5.85. The molecule has 18 heavy (non-hydrogen) atoms. The standard InChI is InChI=1S/C14H17FO3/c1-3-10(2)18-9-11-4-6-13(15)12(8-11)5-7-14(16)17/h4-8,10H,3,9H2,1-2H3,(H,16,17)/b7-5+. The molecule has 0 radical (unpaired) electrons. The summed E-state index contributed by atoms with van der Waals surface area (Å²) in [5.41, 5.74) is 1.07. The summed E-state index contributed by atoms with van der Waals surface area (Å²) in [5, 5.41) is 8.51. The fourth-order valence-corrected chi connectivity index (χ4v) is 1.33. The highest BCUT2D eigenvalue weighted by atomic mass is 19.1. The average Bonchev–Trinajstić information content (AvgIpc) is 2.35. The van der Waals surface area contributed by atoms with Crippen LogP contribution in [0, 0.1) is 5.82 Å². The summed E-state index contributed by atoms with van der Waals surface area (Å²) in [7, 11) is 0. The Labute approximate surface area is 106 Å². The molecule has 0 saturated heterocycles. The van der Waals surface area contributed by atoms with Gasteiger partial charge in [0, 0.05) is 11.6 Å². The second kappa shape index (κ2) is 6.91. The number of carbonyl (C=O) groups is 1. The molecule has 4 heteroatoms. The Morgan fingerprint density at radius 3 is 2.89 bits per heavy atom. The fraction of sp³-hybridized carbons (Fsp3) is 0.357. The lowest BCUT2D eigenvalue weighted by molar-refractivity contribution is -0.131. The van der Waals surface area contributed by atoms with Crippen molar-refractivity contribution in [3.05, 3.63) is 41.2 Å². The topological polar surface area (TPSA) is 46.5 Å². The van der Waals surface area contributed by atoms with E-state index >= 15 is 0 Å². The third-order valence-electron chi connectivity index (χ3n) is 2.58. The normalized spacial score (nSPS) is 12.8. The van der Waals surface area contributed by atoms with Gasteiger partial charge in [0.1, 0.15) is 5.82 Å². The van der Waals surface area contributed by atoms with E-state index in [2.05, 4.69) is 0 Å². The molecule has 0 bridgehead atoms. The monoisotopic (exact) mass is 252 g/mol. The average molecular weight is 252 g/mol. The minimum absolute atomic E-state index is 0.146. The van der Waals surface area contributed by atoms with Gasteiger partial charge in [-0.05, 0) is 37.1 Å². The van der Waals surface area contributed by atoms with Crippen LogP contribution in [-0.4, -0.2) is 17.2 Å². The van der Waals surface area contributed by atoms with Gasteiger partial charge < -0.3 is 9.84 Å². The lowest BCUT2D eigenvalue weighted by Gasteiger charge is -2.11. The van der Waals surface area contributed by atoms with Crippen molar-refractivity contribution >= 4 is 12.0 Å². The van der Waals surface area contributed by atoms with Gasteiger partial charge in [-0.2, -0.15) is 0 Å². The number of hydrogen-bond acceptors (Lipinski definition) is 2. The van der Waals surface area contributed by atoms with Gasteiger partial charge in [0.15, 0.2) is 0 Å². The van der Waals surface area contributed by atoms with Gasteiger partial charge >= 0.3 is 5.97 Å². The van der Waals surface area contributed by atoms with Crippen LogP contribution in [0.5, 0.6) is 0 Å². The molecular formula is C14H17FO3. The van der Waals surface area contributed by atoms with Crippen molar-refractivity contribution in [1.82, 2.24) is 0 Å². The van der Waals surface area contributed by atoms with Crippen LogP contribution in [0.25, 0.3) is 6.08 Å². The van der Waals surface area contributed by atoms with E-state index in [-0.39, 0.29) is 11.7 Å². The van der Waals surface area contributed by atoms with E-state index in [4.69, 9.17) is 9.84 Å². The number of hydrogen-bond donors (Lipinski definition) is 1. The van der Waals surface area contributed by atoms with Crippen LogP contribution in [0.15, 0.2) is 24.3 Å². The Morgan fingerprint density at radius 2 is 2.28 bits per heavy atom. The Bertz CT molecular complexity index is 441. The summed E-state index contributed by atoms with van der Waals surface area (Å²) in [6.45, 7) is 4.38. The molecule has 0 heterocycles. The molecule has 1 aromatic carbocycles. The van der Waals surface area contributed by atoms with Crippen molar-refractivity contribution in [2.24, 2.45) is 0 Å². The Hall–Kier alpha value is -1.68. The van der Waals surface area contributed by atoms with E-state index in [1.165, 1.54) is 12.1 Å². The molecule has 0 aromatic heterocycles. The zero-order valence-electron chi connectivity index (χ0n) is 10.5. The predicted octanol–water partition coefficient (Wildman–Crippen LogP) is 3.24. The minimum Gasteiger partial charge on any atom is -0.478 e. The number of rotatable bonds is 6. The molecule has 0 aliphatic heterocycles. The van der Waals surface area contributed by atoms with Crippen molar-refractivity contribution < 1.29 is 19.0 Å². The van der Waals surface area contributed by atoms with Gasteiger partial charge in [-0.25, -0.2) is 9.18 Å². The highest BCUT2D eigenvalue weighted by Crippen LogP contribution is 2.14. The molecule has 1 aromatic rings. The second-order valence-electron chi connectivity index (χ2n) is 4.06. The lowest BCUT2D eigenvalue weighted by Crippen LogP contribution is -2.06. The maximum absolute atomic E-state index is 13.4. The zero-order valence-corrected chi connectivity index (χ0v) is 10.5. The Kier molecular flexibility index (Phi) is 5.52. The lowest BCUT2D eigenvalue weighted by atomic mass is 10.1. The van der Waals surface area contributed by atoms with Gasteiger partial charge in [-0.1, -0.05) is 13.0 Å². The molecule has 1 rings (SSSR count). The first-order chi connectivity index (χ1) is 8.52. The molecule has 3 nitrogen and oxygen atoms in total. The number of aliphatic carboxylic acids is 1. The van der Waals surface area contributed by atoms with Crippen LogP contribution in [-0.2, 0) is 16.1 Å². The van der Waals surface area contributed by atoms with E-state index in [0.29, 0.717) is 6.61 Å². The van der Waals surface area contributed by atoms with Crippen molar-refractivity contribution in [2.75, 3.05) is 0 Å². The highest BCUT2D eigenvalue weighted by Gasteiger charge is 2.04. The van der Waals surface area contributed by atoms with Crippen LogP contribution in [0.3, 0.4) is 0 Å². The molecule has 0 aliphatic carbocycles. The number of carboxylic acid groups (broad SMARTS) is 1. The third-order valence-corrected chi connectivity index (χ3v) is 2.58. The minimum atomic E-state index is -1.10. The Morgan fingerprint density at radius 1 is 1.56 bits per heavy atom. The number of benzene rings is 1. The largest absolute Gasteiger partial charge is 0.478 e. The second-order valence-corrected chi connectivity index (χ2v) is 4.06. The summed E-state index contributed by atoms with van der Waals surface area (Å²) >= 11 is 0. The van der Waals surface area contributed by atoms with Gasteiger partial charge in [0.25, 0.3) is 0 Å². The third kappa shape index (κ3) is 4.67. The van der Waals surface area contributed by atoms with E-state index in [1.807, 2.05) is 13.8 Å². The van der Waals surface area contributed by atoms with E-state index in [0.717, 1.165) is 18.1 Å². The van der Waals surface area contributed by atoms with E-state index in [9.17, 15) is 9.18 Å². The summed E-state index contributed by atoms with van der Waals surface area (Å²) in [5.74, 6) is -1.55. The predicted molar refractivity (Wildman–Crippen MR) is 67.6 cm³/mol. The first kappa shape index (κ1) is 14.4. The number of carboxylic acids is 1. The molecule has 1 N–H and O–H groups in total. The zero-order chi connectivity index (χ0) is 13.5. The summed E-state index contributed by atoms with van der Waals surface area (Å²) in [6, 6.07) is 4.55. The molecule has 0 spiro atoms. The van der Waals surface area contributed by atoms with Crippen molar-refractivity contribution in [3.63, 3.8) is 0 Å². The van der Waals surface area contributed by atoms with Crippen LogP contribution in [0.4, 0.5) is 4.39 Å². The molecule has 0 saturated carbocycles. The smallest absolute Gasteiger partial charge is 0.328 e. The first-order valence-electron chi connectivity index (χ1n) is 5.84. The van der Waals surface area contributed by atoms with E-state index < -0.39 is 11.8 Å². The van der Waals surface area contributed by atoms with Crippen LogP contribution < -0.4 is 0 Å². The van der Waals surface area contributed by atoms with Crippen molar-refractivity contribution in [1.29, 1.82) is 0 Å². The van der Waals surface area contributed by atoms with Gasteiger partial charge in [0.2, 0.25) is 0 Å². The van der Waals surface area contributed by atoms with Crippen LogP contribution in [0.1, 0.15) is 31.4 Å². The Balaban J connectivity index is 2.77. The molecular weight excluding hydrogens is 235 g/mol. The van der Waals surface area contributed by atoms with Gasteiger partial charge in [-0.15, -0.1) is 0 Å². The van der Waals surface area contributed by atoms with Gasteiger partial charge in [-0.3, -0.25) is 0 Å². The molecule has 0 amide bonds. The molecule has 98 valence electrons. The van der Waals surface area contributed by atoms with Crippen molar-refractivity contribution in [2.45, 2.75) is 33.0 Å². The molecule has 1 unspecified atom stereocenters. The first-order valence-corrected chi connectivity index (χ1v) is 5.84. The number of halogens is 1.